The fraction of sp³-hybridized carbons (Fsp3) is 0.471. The van der Waals surface area contributed by atoms with Gasteiger partial charge in [-0.15, -0.1) is 0 Å². The van der Waals surface area contributed by atoms with Crippen LogP contribution in [0, 0.1) is 17.7 Å². The average Bonchev–Trinajstić information content (AvgIpc) is 3.02. The standard InChI is InChI=1S/C34H37F4N3O4/c1-21-10-13-23(14-11-21)32(42)41(25-8-3-2-4-9-25)29-19-28(35)30(18-26(29)33(43)44)45-31-27(34(36,37)38)17-22(20-40-31)12-15-24-7-5-6-16-39-24/h5-7,16-21,23,25H,2-4,8-15H2,1H3,(H,43,44). The van der Waals surface area contributed by atoms with Crippen LogP contribution in [0.4, 0.5) is 23.2 Å². The molecule has 5 rings (SSSR count). The number of halogens is 4. The van der Waals surface area contributed by atoms with Gasteiger partial charge in [-0.1, -0.05) is 32.3 Å². The zero-order valence-corrected chi connectivity index (χ0v) is 25.2. The molecule has 2 heterocycles. The number of carbonyl (C=O) groups is 2. The largest absolute Gasteiger partial charge is 0.478 e. The maximum Gasteiger partial charge on any atom is 0.421 e. The van der Waals surface area contributed by atoms with Crippen LogP contribution in [0.15, 0.2) is 48.8 Å². The van der Waals surface area contributed by atoms with Crippen molar-refractivity contribution in [2.45, 2.75) is 89.8 Å². The van der Waals surface area contributed by atoms with Crippen molar-refractivity contribution in [1.29, 1.82) is 0 Å². The van der Waals surface area contributed by atoms with Crippen molar-refractivity contribution in [2.75, 3.05) is 4.90 Å². The first-order valence-corrected chi connectivity index (χ1v) is 15.5. The van der Waals surface area contributed by atoms with E-state index in [1.807, 2.05) is 0 Å². The maximum absolute atomic E-state index is 15.7. The first-order valence-electron chi connectivity index (χ1n) is 15.5. The molecule has 2 fully saturated rings. The monoisotopic (exact) mass is 627 g/mol. The van der Waals surface area contributed by atoms with Crippen molar-refractivity contribution in [3.63, 3.8) is 0 Å². The summed E-state index contributed by atoms with van der Waals surface area (Å²) in [4.78, 5) is 35.9. The van der Waals surface area contributed by atoms with Crippen LogP contribution in [0.3, 0.4) is 0 Å². The van der Waals surface area contributed by atoms with E-state index in [2.05, 4.69) is 16.9 Å². The van der Waals surface area contributed by atoms with Crippen LogP contribution in [0.1, 0.15) is 91.9 Å². The molecule has 0 spiro atoms. The van der Waals surface area contributed by atoms with E-state index >= 15 is 4.39 Å². The molecule has 0 unspecified atom stereocenters. The Labute approximate surface area is 259 Å². The van der Waals surface area contributed by atoms with E-state index in [4.69, 9.17) is 4.74 Å². The van der Waals surface area contributed by atoms with Gasteiger partial charge in [-0.2, -0.15) is 13.2 Å². The quantitative estimate of drug-likeness (QED) is 0.240. The molecule has 0 radical (unpaired) electrons. The number of carboxylic acids is 1. The fourth-order valence-corrected chi connectivity index (χ4v) is 6.37. The number of aromatic nitrogens is 2. The summed E-state index contributed by atoms with van der Waals surface area (Å²) in [7, 11) is 0. The minimum absolute atomic E-state index is 0.100. The highest BCUT2D eigenvalue weighted by Crippen LogP contribution is 2.41. The van der Waals surface area contributed by atoms with Crippen LogP contribution >= 0.6 is 0 Å². The van der Waals surface area contributed by atoms with Gasteiger partial charge in [-0.05, 0) is 81.0 Å². The second-order valence-electron chi connectivity index (χ2n) is 12.2. The van der Waals surface area contributed by atoms with Gasteiger partial charge in [0.05, 0.1) is 11.3 Å². The van der Waals surface area contributed by atoms with Crippen molar-refractivity contribution in [3.8, 4) is 11.6 Å². The van der Waals surface area contributed by atoms with Crippen LogP contribution in [0.25, 0.3) is 0 Å². The topological polar surface area (TPSA) is 92.6 Å². The second-order valence-corrected chi connectivity index (χ2v) is 12.2. The predicted molar refractivity (Wildman–Crippen MR) is 160 cm³/mol. The number of alkyl halides is 3. The molecular weight excluding hydrogens is 590 g/mol. The lowest BCUT2D eigenvalue weighted by Gasteiger charge is -2.38. The Balaban J connectivity index is 1.47. The SMILES string of the molecule is CC1CCC(C(=O)N(c2cc(F)c(Oc3ncc(CCc4ccccn4)cc3C(F)(F)F)cc2C(=O)O)C2CCCCC2)CC1. The van der Waals surface area contributed by atoms with Gasteiger partial charge in [0.1, 0.15) is 5.56 Å². The number of pyridine rings is 2. The number of nitrogens with zero attached hydrogens (tertiary/aromatic N) is 3. The van der Waals surface area contributed by atoms with Gasteiger partial charge in [0.15, 0.2) is 11.6 Å². The van der Waals surface area contributed by atoms with Gasteiger partial charge >= 0.3 is 12.1 Å². The van der Waals surface area contributed by atoms with E-state index in [1.54, 1.807) is 24.4 Å². The third-order valence-electron chi connectivity index (χ3n) is 8.90. The van der Waals surface area contributed by atoms with Crippen LogP contribution < -0.4 is 9.64 Å². The Kier molecular flexibility index (Phi) is 10.0. The number of anilines is 1. The number of aromatic carboxylic acids is 1. The van der Waals surface area contributed by atoms with Crippen molar-refractivity contribution in [2.24, 2.45) is 11.8 Å². The molecule has 1 amide bonds. The van der Waals surface area contributed by atoms with Gasteiger partial charge in [0, 0.05) is 42.2 Å². The average molecular weight is 628 g/mol. The molecular formula is C34H37F4N3O4. The summed E-state index contributed by atoms with van der Waals surface area (Å²) in [5.74, 6) is -4.21. The summed E-state index contributed by atoms with van der Waals surface area (Å²) in [6, 6.07) is 7.64. The highest BCUT2D eigenvalue weighted by Gasteiger charge is 2.38. The van der Waals surface area contributed by atoms with Crippen molar-refractivity contribution in [3.05, 3.63) is 77.0 Å². The summed E-state index contributed by atoms with van der Waals surface area (Å²) in [5, 5.41) is 10.2. The number of carbonyl (C=O) groups excluding carboxylic acids is 1. The Morgan fingerprint density at radius 3 is 2.36 bits per heavy atom. The molecule has 1 N–H and O–H groups in total. The number of amides is 1. The van der Waals surface area contributed by atoms with Crippen LogP contribution in [-0.4, -0.2) is 33.0 Å². The van der Waals surface area contributed by atoms with Gasteiger partial charge in [-0.25, -0.2) is 14.2 Å². The normalized spacial score (nSPS) is 19.2. The molecule has 2 aromatic heterocycles. The Bertz CT molecular complexity index is 1500. The van der Waals surface area contributed by atoms with E-state index in [9.17, 15) is 27.9 Å². The van der Waals surface area contributed by atoms with E-state index in [1.165, 1.54) is 11.1 Å². The summed E-state index contributed by atoms with van der Waals surface area (Å²) < 4.78 is 63.4. The van der Waals surface area contributed by atoms with Gasteiger partial charge in [0.2, 0.25) is 11.8 Å². The molecule has 11 heteroatoms. The summed E-state index contributed by atoms with van der Waals surface area (Å²) in [6.07, 6.45) is 5.62. The van der Waals surface area contributed by atoms with Gasteiger partial charge < -0.3 is 14.7 Å². The second kappa shape index (κ2) is 14.0. The molecule has 2 aliphatic rings. The summed E-state index contributed by atoms with van der Waals surface area (Å²) in [5.41, 5.74) is -0.756. The minimum atomic E-state index is -4.88. The summed E-state index contributed by atoms with van der Waals surface area (Å²) >= 11 is 0. The van der Waals surface area contributed by atoms with Crippen molar-refractivity contribution >= 4 is 17.6 Å². The zero-order valence-electron chi connectivity index (χ0n) is 25.2. The third-order valence-corrected chi connectivity index (χ3v) is 8.90. The first kappa shape index (κ1) is 32.4. The molecule has 1 aromatic carbocycles. The van der Waals surface area contributed by atoms with E-state index in [0.717, 1.165) is 50.3 Å². The molecule has 2 aliphatic carbocycles. The molecule has 45 heavy (non-hydrogen) atoms. The van der Waals surface area contributed by atoms with Gasteiger partial charge in [0.25, 0.3) is 0 Å². The van der Waals surface area contributed by atoms with Gasteiger partial charge in [-0.3, -0.25) is 9.78 Å². The molecule has 0 aliphatic heterocycles. The summed E-state index contributed by atoms with van der Waals surface area (Å²) in [6.45, 7) is 2.13. The highest BCUT2D eigenvalue weighted by atomic mass is 19.4. The highest BCUT2D eigenvalue weighted by molar-refractivity contribution is 6.03. The molecule has 0 atom stereocenters. The fourth-order valence-electron chi connectivity index (χ4n) is 6.37. The Morgan fingerprint density at radius 2 is 1.71 bits per heavy atom. The van der Waals surface area contributed by atoms with Crippen LogP contribution in [0.2, 0.25) is 0 Å². The minimum Gasteiger partial charge on any atom is -0.478 e. The predicted octanol–water partition coefficient (Wildman–Crippen LogP) is 8.40. The Hall–Kier alpha value is -4.02. The van der Waals surface area contributed by atoms with E-state index in [-0.39, 0.29) is 35.5 Å². The number of ether oxygens (including phenoxy) is 1. The molecule has 0 bridgehead atoms. The molecule has 0 saturated heterocycles. The lowest BCUT2D eigenvalue weighted by atomic mass is 9.81. The number of benzene rings is 1. The molecule has 240 valence electrons. The molecule has 7 nitrogen and oxygen atoms in total. The van der Waals surface area contributed by atoms with Crippen molar-refractivity contribution in [1.82, 2.24) is 9.97 Å². The molecule has 2 saturated carbocycles. The number of carboxylic acid groups (broad SMARTS) is 1. The van der Waals surface area contributed by atoms with E-state index in [0.29, 0.717) is 43.7 Å². The lowest BCUT2D eigenvalue weighted by Crippen LogP contribution is -2.46. The number of hydrogen-bond donors (Lipinski definition) is 1. The number of rotatable bonds is 9. The molecule has 3 aromatic rings. The first-order chi connectivity index (χ1) is 21.5. The zero-order chi connectivity index (χ0) is 32.1. The smallest absolute Gasteiger partial charge is 0.421 e. The lowest BCUT2D eigenvalue weighted by molar-refractivity contribution is -0.139. The Morgan fingerprint density at radius 1 is 0.978 bits per heavy atom. The number of hydrogen-bond acceptors (Lipinski definition) is 5. The van der Waals surface area contributed by atoms with Crippen LogP contribution in [0.5, 0.6) is 11.6 Å². The van der Waals surface area contributed by atoms with Crippen LogP contribution in [-0.2, 0) is 23.8 Å². The third kappa shape index (κ3) is 7.80. The maximum atomic E-state index is 15.7. The number of aryl methyl sites for hydroxylation is 2. The van der Waals surface area contributed by atoms with E-state index < -0.39 is 40.7 Å². The van der Waals surface area contributed by atoms with Crippen molar-refractivity contribution < 1.29 is 37.0 Å².